The predicted molar refractivity (Wildman–Crippen MR) is 74.4 cm³/mol. The fraction of sp³-hybridized carbons (Fsp3) is 0.200. The minimum Gasteiger partial charge on any atom is -0.549 e. The summed E-state index contributed by atoms with van der Waals surface area (Å²) < 4.78 is 2.43. The third kappa shape index (κ3) is 2.88. The van der Waals surface area contributed by atoms with Crippen LogP contribution >= 0.6 is 15.9 Å². The molecule has 0 bridgehead atoms. The Labute approximate surface area is 152 Å². The van der Waals surface area contributed by atoms with Gasteiger partial charge >= 0.3 is 29.6 Å². The van der Waals surface area contributed by atoms with E-state index in [-0.39, 0.29) is 35.3 Å². The fourth-order valence-electron chi connectivity index (χ4n) is 2.68. The molecule has 21 heavy (non-hydrogen) atoms. The van der Waals surface area contributed by atoms with Crippen LogP contribution in [0.4, 0.5) is 0 Å². The molecule has 0 amide bonds. The fourth-order valence-corrected chi connectivity index (χ4v) is 3.38. The van der Waals surface area contributed by atoms with Crippen molar-refractivity contribution in [3.63, 3.8) is 0 Å². The van der Waals surface area contributed by atoms with Crippen LogP contribution in [0.25, 0.3) is 0 Å². The summed E-state index contributed by atoms with van der Waals surface area (Å²) in [5.41, 5.74) is 1.74. The second-order valence-electron chi connectivity index (χ2n) is 4.77. The number of nitrogens with zero attached hydrogens (tertiary/aromatic N) is 1. The Bertz CT molecular complexity index is 696. The first-order chi connectivity index (χ1) is 9.59. The van der Waals surface area contributed by atoms with Gasteiger partial charge in [-0.3, -0.25) is 4.79 Å². The van der Waals surface area contributed by atoms with Gasteiger partial charge in [0.1, 0.15) is 0 Å². The molecule has 0 saturated heterocycles. The van der Waals surface area contributed by atoms with Gasteiger partial charge in [-0.05, 0) is 28.4 Å². The Morgan fingerprint density at radius 2 is 1.90 bits per heavy atom. The number of ketones is 1. The molecule has 2 aromatic rings. The maximum Gasteiger partial charge on any atom is 1.00 e. The minimum absolute atomic E-state index is 0. The summed E-state index contributed by atoms with van der Waals surface area (Å²) in [6.07, 6.45) is 0.464. The summed E-state index contributed by atoms with van der Waals surface area (Å²) in [4.78, 5) is 23.6. The van der Waals surface area contributed by atoms with Crippen LogP contribution in [0.15, 0.2) is 40.9 Å². The summed E-state index contributed by atoms with van der Waals surface area (Å²) >= 11 is 3.35. The quantitative estimate of drug-likeness (QED) is 0.509. The second-order valence-corrected chi connectivity index (χ2v) is 5.62. The maximum absolute atomic E-state index is 12.5. The Balaban J connectivity index is 0.00000161. The van der Waals surface area contributed by atoms with E-state index in [1.807, 2.05) is 6.07 Å². The molecular weight excluding hydrogens is 345 g/mol. The Morgan fingerprint density at radius 3 is 2.52 bits per heavy atom. The van der Waals surface area contributed by atoms with E-state index in [1.165, 1.54) is 0 Å². The summed E-state index contributed by atoms with van der Waals surface area (Å²) in [5, 5.41) is 11.1. The molecule has 4 nitrogen and oxygen atoms in total. The van der Waals surface area contributed by atoms with E-state index in [4.69, 9.17) is 0 Å². The Kier molecular flexibility index (Phi) is 5.09. The van der Waals surface area contributed by atoms with Crippen molar-refractivity contribution in [1.82, 2.24) is 4.57 Å². The van der Waals surface area contributed by atoms with Crippen LogP contribution in [0.2, 0.25) is 0 Å². The van der Waals surface area contributed by atoms with Crippen LogP contribution in [0.3, 0.4) is 0 Å². The molecule has 3 rings (SSSR count). The average molecular weight is 356 g/mol. The first kappa shape index (κ1) is 16.5. The molecule has 1 aromatic carbocycles. The number of carboxylic acid groups (broad SMARTS) is 1. The zero-order valence-electron chi connectivity index (χ0n) is 11.5. The van der Waals surface area contributed by atoms with Crippen molar-refractivity contribution in [3.05, 3.63) is 57.8 Å². The molecule has 0 saturated carbocycles. The van der Waals surface area contributed by atoms with Crippen molar-refractivity contribution < 1.29 is 44.3 Å². The SMILES string of the molecule is O=C(c1ccccc1)c1cc(Br)c2n1CCC2C(=O)[O-].[Na+]. The predicted octanol–water partition coefficient (Wildman–Crippen LogP) is -1.28. The van der Waals surface area contributed by atoms with Crippen LogP contribution in [-0.2, 0) is 11.3 Å². The molecule has 1 aliphatic heterocycles. The molecule has 2 heterocycles. The molecule has 1 aliphatic rings. The molecule has 0 radical (unpaired) electrons. The topological polar surface area (TPSA) is 62.1 Å². The average Bonchev–Trinajstić information content (AvgIpc) is 3.01. The van der Waals surface area contributed by atoms with E-state index in [0.717, 1.165) is 0 Å². The molecule has 1 atom stereocenters. The molecule has 1 unspecified atom stereocenters. The Hall–Kier alpha value is -0.880. The van der Waals surface area contributed by atoms with Gasteiger partial charge in [0.25, 0.3) is 0 Å². The minimum atomic E-state index is -1.10. The number of rotatable bonds is 3. The number of carbonyl (C=O) groups is 2. The standard InChI is InChI=1S/C15H12BrNO3.Na/c16-11-8-12(14(18)9-4-2-1-3-5-9)17-7-6-10(13(11)17)15(19)20;/h1-5,8,10H,6-7H2,(H,19,20);/q;+1/p-1. The van der Waals surface area contributed by atoms with Crippen molar-refractivity contribution in [2.24, 2.45) is 0 Å². The number of hydrogen-bond donors (Lipinski definition) is 0. The summed E-state index contributed by atoms with van der Waals surface area (Å²) in [7, 11) is 0. The van der Waals surface area contributed by atoms with Gasteiger partial charge in [0, 0.05) is 28.2 Å². The van der Waals surface area contributed by atoms with Gasteiger partial charge in [-0.25, -0.2) is 0 Å². The number of benzene rings is 1. The normalized spacial score (nSPS) is 16.1. The van der Waals surface area contributed by atoms with E-state index in [1.54, 1.807) is 34.9 Å². The number of hydrogen-bond acceptors (Lipinski definition) is 3. The molecule has 0 spiro atoms. The van der Waals surface area contributed by atoms with Crippen LogP contribution in [0.1, 0.15) is 34.1 Å². The monoisotopic (exact) mass is 355 g/mol. The number of halogens is 1. The van der Waals surface area contributed by atoms with Gasteiger partial charge in [-0.1, -0.05) is 30.3 Å². The zero-order valence-corrected chi connectivity index (χ0v) is 15.1. The molecule has 102 valence electrons. The van der Waals surface area contributed by atoms with Crippen LogP contribution in [0, 0.1) is 0 Å². The third-order valence-corrected chi connectivity index (χ3v) is 4.25. The van der Waals surface area contributed by atoms with E-state index >= 15 is 0 Å². The van der Waals surface area contributed by atoms with Gasteiger partial charge in [-0.2, -0.15) is 0 Å². The number of fused-ring (bicyclic) bond motifs is 1. The smallest absolute Gasteiger partial charge is 0.549 e. The van der Waals surface area contributed by atoms with Crippen LogP contribution in [0.5, 0.6) is 0 Å². The van der Waals surface area contributed by atoms with Gasteiger partial charge in [0.15, 0.2) is 0 Å². The number of carboxylic acids is 1. The summed E-state index contributed by atoms with van der Waals surface area (Å²) in [5.74, 6) is -1.85. The first-order valence-electron chi connectivity index (χ1n) is 6.29. The van der Waals surface area contributed by atoms with Crippen molar-refractivity contribution in [3.8, 4) is 0 Å². The molecule has 1 aromatic heterocycles. The summed E-state index contributed by atoms with van der Waals surface area (Å²) in [6.45, 7) is 0.521. The second kappa shape index (κ2) is 6.48. The van der Waals surface area contributed by atoms with E-state index in [2.05, 4.69) is 15.9 Å². The van der Waals surface area contributed by atoms with Crippen LogP contribution < -0.4 is 34.7 Å². The van der Waals surface area contributed by atoms with Crippen molar-refractivity contribution in [2.45, 2.75) is 18.9 Å². The molecule has 0 N–H and O–H groups in total. The van der Waals surface area contributed by atoms with Crippen molar-refractivity contribution >= 4 is 27.7 Å². The van der Waals surface area contributed by atoms with Gasteiger partial charge in [-0.15, -0.1) is 0 Å². The van der Waals surface area contributed by atoms with E-state index in [9.17, 15) is 14.7 Å². The largest absolute Gasteiger partial charge is 1.00 e. The van der Waals surface area contributed by atoms with Crippen molar-refractivity contribution in [1.29, 1.82) is 0 Å². The zero-order chi connectivity index (χ0) is 14.3. The van der Waals surface area contributed by atoms with E-state index < -0.39 is 11.9 Å². The van der Waals surface area contributed by atoms with Crippen molar-refractivity contribution in [2.75, 3.05) is 0 Å². The number of aliphatic carboxylic acids is 1. The molecule has 0 aliphatic carbocycles. The molecule has 0 fully saturated rings. The maximum atomic E-state index is 12.5. The van der Waals surface area contributed by atoms with Gasteiger partial charge < -0.3 is 14.5 Å². The van der Waals surface area contributed by atoms with E-state index in [0.29, 0.717) is 34.4 Å². The van der Waals surface area contributed by atoms with Crippen LogP contribution in [-0.4, -0.2) is 16.3 Å². The first-order valence-corrected chi connectivity index (χ1v) is 7.08. The van der Waals surface area contributed by atoms with Gasteiger partial charge in [0.2, 0.25) is 5.78 Å². The van der Waals surface area contributed by atoms with Gasteiger partial charge in [0.05, 0.1) is 11.7 Å². The molecule has 6 heteroatoms. The summed E-state index contributed by atoms with van der Waals surface area (Å²) in [6, 6.07) is 10.7. The number of carbonyl (C=O) groups excluding carboxylic acids is 2. The molecular formula is C15H11BrNNaO3. The number of aromatic nitrogens is 1. The third-order valence-electron chi connectivity index (χ3n) is 3.61. The Morgan fingerprint density at radius 1 is 1.24 bits per heavy atom.